The van der Waals surface area contributed by atoms with Gasteiger partial charge in [-0.25, -0.2) is 0 Å². The first-order valence-corrected chi connectivity index (χ1v) is 6.61. The lowest BCUT2D eigenvalue weighted by Gasteiger charge is -2.36. The molecule has 1 aliphatic heterocycles. The van der Waals surface area contributed by atoms with E-state index in [9.17, 15) is 10.1 Å². The Labute approximate surface area is 117 Å². The second-order valence-electron chi connectivity index (χ2n) is 5.18. The van der Waals surface area contributed by atoms with E-state index in [1.165, 1.54) is 6.07 Å². The lowest BCUT2D eigenvalue weighted by atomic mass is 10.1. The molecule has 1 fully saturated rings. The maximum Gasteiger partial charge on any atom is 0.293 e. The van der Waals surface area contributed by atoms with Crippen molar-refractivity contribution >= 4 is 11.4 Å². The fourth-order valence-electron chi connectivity index (χ4n) is 2.38. The Morgan fingerprint density at radius 1 is 1.55 bits per heavy atom. The van der Waals surface area contributed by atoms with Crippen LogP contribution in [0.1, 0.15) is 19.4 Å². The van der Waals surface area contributed by atoms with Crippen LogP contribution in [0, 0.1) is 10.1 Å². The maximum absolute atomic E-state index is 10.9. The number of nitrogens with one attached hydrogen (secondary N) is 1. The van der Waals surface area contributed by atoms with Gasteiger partial charge in [0, 0.05) is 25.2 Å². The average Bonchev–Trinajstić information content (AvgIpc) is 2.42. The average molecular weight is 280 g/mol. The van der Waals surface area contributed by atoms with Crippen molar-refractivity contribution in [3.8, 4) is 0 Å². The van der Waals surface area contributed by atoms with Crippen LogP contribution < -0.4 is 11.3 Å². The summed E-state index contributed by atoms with van der Waals surface area (Å²) in [5.41, 5.74) is 3.70. The van der Waals surface area contributed by atoms with Crippen molar-refractivity contribution < 1.29 is 9.66 Å². The number of hydrazine groups is 1. The first kappa shape index (κ1) is 14.7. The molecule has 7 nitrogen and oxygen atoms in total. The predicted molar refractivity (Wildman–Crippen MR) is 76.2 cm³/mol. The van der Waals surface area contributed by atoms with Crippen molar-refractivity contribution in [3.63, 3.8) is 0 Å². The number of nitrogens with two attached hydrogens (primary N) is 1. The van der Waals surface area contributed by atoms with E-state index in [0.29, 0.717) is 18.3 Å². The first-order valence-electron chi connectivity index (χ1n) is 6.61. The summed E-state index contributed by atoms with van der Waals surface area (Å²) < 4.78 is 5.59. The second-order valence-corrected chi connectivity index (χ2v) is 5.18. The summed E-state index contributed by atoms with van der Waals surface area (Å²) in [6, 6.07) is 5.31. The van der Waals surface area contributed by atoms with Gasteiger partial charge in [-0.15, -0.1) is 0 Å². The molecule has 0 saturated carbocycles. The Balaban J connectivity index is 2.15. The number of morpholine rings is 1. The standard InChI is InChI=1S/C13H20N4O3/c1-9-8-20-10(2)6-16(9)7-11-3-4-13(17(18)19)12(5-11)15-14/h3-5,9-10,15H,6-8,14H2,1-2H3. The largest absolute Gasteiger partial charge is 0.376 e. The number of nitrogens with zero attached hydrogens (tertiary/aromatic N) is 2. The normalized spacial score (nSPS) is 23.6. The number of nitro groups is 1. The summed E-state index contributed by atoms with van der Waals surface area (Å²) in [5, 5.41) is 10.9. The number of benzene rings is 1. The molecule has 110 valence electrons. The van der Waals surface area contributed by atoms with Crippen LogP contribution >= 0.6 is 0 Å². The molecule has 20 heavy (non-hydrogen) atoms. The second kappa shape index (κ2) is 6.17. The molecule has 1 heterocycles. The SMILES string of the molecule is CC1CN(Cc2ccc([N+](=O)[O-])c(NN)c2)C(C)CO1. The molecule has 0 bridgehead atoms. The highest BCUT2D eigenvalue weighted by Gasteiger charge is 2.24. The van der Waals surface area contributed by atoms with E-state index in [2.05, 4.69) is 17.2 Å². The minimum atomic E-state index is -0.446. The summed E-state index contributed by atoms with van der Waals surface area (Å²) in [5.74, 6) is 5.35. The summed E-state index contributed by atoms with van der Waals surface area (Å²) >= 11 is 0. The Kier molecular flexibility index (Phi) is 4.53. The van der Waals surface area contributed by atoms with Crippen LogP contribution in [0.3, 0.4) is 0 Å². The van der Waals surface area contributed by atoms with Gasteiger partial charge in [-0.2, -0.15) is 0 Å². The van der Waals surface area contributed by atoms with Crippen LogP contribution in [0.5, 0.6) is 0 Å². The molecular formula is C13H20N4O3. The van der Waals surface area contributed by atoms with Gasteiger partial charge in [-0.05, 0) is 25.5 Å². The summed E-state index contributed by atoms with van der Waals surface area (Å²) in [6.45, 7) is 6.43. The first-order chi connectivity index (χ1) is 9.51. The number of ether oxygens (including phenoxy) is 1. The van der Waals surface area contributed by atoms with Gasteiger partial charge >= 0.3 is 0 Å². The van der Waals surface area contributed by atoms with E-state index >= 15 is 0 Å². The smallest absolute Gasteiger partial charge is 0.293 e. The number of anilines is 1. The molecule has 1 aliphatic rings. The van der Waals surface area contributed by atoms with Crippen LogP contribution in [0.15, 0.2) is 18.2 Å². The van der Waals surface area contributed by atoms with Crippen molar-refractivity contribution in [2.24, 2.45) is 5.84 Å². The Hall–Kier alpha value is -1.70. The van der Waals surface area contributed by atoms with Crippen molar-refractivity contribution in [1.29, 1.82) is 0 Å². The lowest BCUT2D eigenvalue weighted by Crippen LogP contribution is -2.46. The minimum absolute atomic E-state index is 0.0142. The third-order valence-electron chi connectivity index (χ3n) is 3.54. The van der Waals surface area contributed by atoms with Crippen LogP contribution in [0.4, 0.5) is 11.4 Å². The Morgan fingerprint density at radius 3 is 2.95 bits per heavy atom. The maximum atomic E-state index is 10.9. The molecule has 1 aromatic carbocycles. The fourth-order valence-corrected chi connectivity index (χ4v) is 2.38. The van der Waals surface area contributed by atoms with Crippen molar-refractivity contribution in [3.05, 3.63) is 33.9 Å². The molecule has 2 unspecified atom stereocenters. The number of rotatable bonds is 4. The summed E-state index contributed by atoms with van der Waals surface area (Å²) in [4.78, 5) is 12.7. The number of hydrogen-bond acceptors (Lipinski definition) is 6. The molecule has 3 N–H and O–H groups in total. The fraction of sp³-hybridized carbons (Fsp3) is 0.538. The molecule has 0 spiro atoms. The zero-order valence-electron chi connectivity index (χ0n) is 11.7. The molecular weight excluding hydrogens is 260 g/mol. The Bertz CT molecular complexity index is 495. The summed E-state index contributed by atoms with van der Waals surface area (Å²) in [7, 11) is 0. The molecule has 1 saturated heterocycles. The van der Waals surface area contributed by atoms with Gasteiger partial charge < -0.3 is 10.2 Å². The highest BCUT2D eigenvalue weighted by molar-refractivity contribution is 5.62. The summed E-state index contributed by atoms with van der Waals surface area (Å²) in [6.07, 6.45) is 0.205. The van der Waals surface area contributed by atoms with E-state index < -0.39 is 4.92 Å². The molecule has 0 aromatic heterocycles. The molecule has 0 radical (unpaired) electrons. The van der Waals surface area contributed by atoms with E-state index in [1.54, 1.807) is 12.1 Å². The Morgan fingerprint density at radius 2 is 2.30 bits per heavy atom. The van der Waals surface area contributed by atoms with Crippen molar-refractivity contribution in [2.45, 2.75) is 32.5 Å². The van der Waals surface area contributed by atoms with Gasteiger partial charge in [0.1, 0.15) is 5.69 Å². The minimum Gasteiger partial charge on any atom is -0.376 e. The molecule has 2 rings (SSSR count). The topological polar surface area (TPSA) is 93.7 Å². The zero-order valence-corrected chi connectivity index (χ0v) is 11.7. The van der Waals surface area contributed by atoms with Crippen LogP contribution in [0.25, 0.3) is 0 Å². The highest BCUT2D eigenvalue weighted by Crippen LogP contribution is 2.26. The van der Waals surface area contributed by atoms with Crippen LogP contribution in [-0.2, 0) is 11.3 Å². The van der Waals surface area contributed by atoms with Gasteiger partial charge in [0.25, 0.3) is 5.69 Å². The third-order valence-corrected chi connectivity index (χ3v) is 3.54. The van der Waals surface area contributed by atoms with Crippen molar-refractivity contribution in [1.82, 2.24) is 4.90 Å². The predicted octanol–water partition coefficient (Wildman–Crippen LogP) is 1.49. The number of nitro benzene ring substituents is 1. The lowest BCUT2D eigenvalue weighted by molar-refractivity contribution is -0.384. The number of hydrogen-bond donors (Lipinski definition) is 2. The monoisotopic (exact) mass is 280 g/mol. The molecule has 1 aromatic rings. The van der Waals surface area contributed by atoms with Gasteiger partial charge in [0.05, 0.1) is 17.6 Å². The van der Waals surface area contributed by atoms with E-state index in [0.717, 1.165) is 18.7 Å². The van der Waals surface area contributed by atoms with Gasteiger partial charge in [-0.3, -0.25) is 20.9 Å². The van der Waals surface area contributed by atoms with Crippen molar-refractivity contribution in [2.75, 3.05) is 18.6 Å². The van der Waals surface area contributed by atoms with Gasteiger partial charge in [0.2, 0.25) is 0 Å². The van der Waals surface area contributed by atoms with Crippen LogP contribution in [0.2, 0.25) is 0 Å². The van der Waals surface area contributed by atoms with E-state index in [-0.39, 0.29) is 11.8 Å². The zero-order chi connectivity index (χ0) is 14.7. The molecule has 0 amide bonds. The third kappa shape index (κ3) is 3.24. The van der Waals surface area contributed by atoms with Gasteiger partial charge in [-0.1, -0.05) is 6.07 Å². The molecule has 0 aliphatic carbocycles. The van der Waals surface area contributed by atoms with E-state index in [4.69, 9.17) is 10.6 Å². The quantitative estimate of drug-likeness (QED) is 0.493. The molecule has 2 atom stereocenters. The molecule has 7 heteroatoms. The van der Waals surface area contributed by atoms with Gasteiger partial charge in [0.15, 0.2) is 0 Å². The van der Waals surface area contributed by atoms with Crippen LogP contribution in [-0.4, -0.2) is 35.1 Å². The highest BCUT2D eigenvalue weighted by atomic mass is 16.6. The number of nitrogen functional groups attached to an aromatic ring is 1. The van der Waals surface area contributed by atoms with E-state index in [1.807, 2.05) is 6.92 Å².